The van der Waals surface area contributed by atoms with E-state index in [1.165, 1.54) is 30.8 Å². The van der Waals surface area contributed by atoms with Crippen LogP contribution in [0.15, 0.2) is 4.36 Å². The molecule has 0 amide bonds. The van der Waals surface area contributed by atoms with Gasteiger partial charge < -0.3 is 0 Å². The standard InChI is InChI=1S/C8H17NS/c1-8(2)9-10-6-4-3-5-7-10/h8H,3-7H2,1-2H3. The van der Waals surface area contributed by atoms with Gasteiger partial charge in [0.2, 0.25) is 0 Å². The van der Waals surface area contributed by atoms with E-state index in [1.807, 2.05) is 0 Å². The number of hydrogen-bond donors (Lipinski definition) is 0. The van der Waals surface area contributed by atoms with Crippen molar-refractivity contribution >= 4 is 10.7 Å². The van der Waals surface area contributed by atoms with Crippen LogP contribution in [-0.2, 0) is 10.7 Å². The lowest BCUT2D eigenvalue weighted by atomic mass is 10.3. The van der Waals surface area contributed by atoms with Crippen molar-refractivity contribution in [2.75, 3.05) is 11.5 Å². The SMILES string of the molecule is CC(C)N=S1CCCCC1. The van der Waals surface area contributed by atoms with E-state index < -0.39 is 0 Å². The fourth-order valence-corrected chi connectivity index (χ4v) is 3.31. The molecule has 0 bridgehead atoms. The molecule has 60 valence electrons. The lowest BCUT2D eigenvalue weighted by molar-refractivity contribution is 0.753. The second-order valence-electron chi connectivity index (χ2n) is 3.13. The third-order valence-electron chi connectivity index (χ3n) is 1.62. The largest absolute Gasteiger partial charge is 0.262 e. The Kier molecular flexibility index (Phi) is 3.40. The molecule has 1 aliphatic rings. The number of rotatable bonds is 1. The van der Waals surface area contributed by atoms with Gasteiger partial charge in [-0.15, -0.1) is 10.7 Å². The van der Waals surface area contributed by atoms with Crippen LogP contribution in [0.2, 0.25) is 0 Å². The molecule has 0 aliphatic carbocycles. The van der Waals surface area contributed by atoms with E-state index in [1.54, 1.807) is 0 Å². The Morgan fingerprint density at radius 1 is 1.10 bits per heavy atom. The molecule has 1 aliphatic heterocycles. The van der Waals surface area contributed by atoms with E-state index in [2.05, 4.69) is 18.2 Å². The maximum Gasteiger partial charge on any atom is 0.0511 e. The van der Waals surface area contributed by atoms with Gasteiger partial charge in [-0.05, 0) is 26.7 Å². The molecule has 0 saturated carbocycles. The minimum atomic E-state index is 0.450. The van der Waals surface area contributed by atoms with Crippen molar-refractivity contribution in [2.45, 2.75) is 39.2 Å². The van der Waals surface area contributed by atoms with E-state index in [-0.39, 0.29) is 0 Å². The van der Waals surface area contributed by atoms with Gasteiger partial charge in [0, 0.05) is 11.5 Å². The number of hydrogen-bond acceptors (Lipinski definition) is 1. The second-order valence-corrected chi connectivity index (χ2v) is 5.08. The molecule has 0 unspecified atom stereocenters. The Bertz CT molecular complexity index is 121. The highest BCUT2D eigenvalue weighted by atomic mass is 32.2. The summed E-state index contributed by atoms with van der Waals surface area (Å²) in [6, 6.07) is 0.557. The van der Waals surface area contributed by atoms with Crippen molar-refractivity contribution in [2.24, 2.45) is 4.36 Å². The third kappa shape index (κ3) is 2.82. The molecular formula is C8H17NS. The molecule has 1 rings (SSSR count). The van der Waals surface area contributed by atoms with Gasteiger partial charge in [-0.3, -0.25) is 4.36 Å². The quantitative estimate of drug-likeness (QED) is 0.557. The summed E-state index contributed by atoms with van der Waals surface area (Å²) in [6.07, 6.45) is 4.27. The van der Waals surface area contributed by atoms with Crippen molar-refractivity contribution < 1.29 is 0 Å². The minimum Gasteiger partial charge on any atom is -0.262 e. The van der Waals surface area contributed by atoms with Crippen LogP contribution in [0.5, 0.6) is 0 Å². The normalized spacial score (nSPS) is 21.5. The zero-order chi connectivity index (χ0) is 7.40. The molecule has 1 heterocycles. The molecule has 0 aromatic heterocycles. The first-order chi connectivity index (χ1) is 4.79. The Morgan fingerprint density at radius 2 is 1.70 bits per heavy atom. The molecule has 0 aromatic carbocycles. The highest BCUT2D eigenvalue weighted by molar-refractivity contribution is 7.87. The van der Waals surface area contributed by atoms with Crippen LogP contribution in [0.25, 0.3) is 0 Å². The van der Waals surface area contributed by atoms with Crippen molar-refractivity contribution in [3.63, 3.8) is 0 Å². The molecule has 0 spiro atoms. The predicted molar refractivity (Wildman–Crippen MR) is 48.5 cm³/mol. The summed E-state index contributed by atoms with van der Waals surface area (Å²) < 4.78 is 4.66. The maximum absolute atomic E-state index is 4.66. The Morgan fingerprint density at radius 3 is 2.20 bits per heavy atom. The van der Waals surface area contributed by atoms with Gasteiger partial charge in [-0.1, -0.05) is 6.42 Å². The highest BCUT2D eigenvalue weighted by Crippen LogP contribution is 2.10. The van der Waals surface area contributed by atoms with Gasteiger partial charge in [0.25, 0.3) is 0 Å². The fraction of sp³-hybridized carbons (Fsp3) is 1.00. The zero-order valence-electron chi connectivity index (χ0n) is 6.97. The van der Waals surface area contributed by atoms with Crippen LogP contribution < -0.4 is 0 Å². The first-order valence-electron chi connectivity index (χ1n) is 4.17. The maximum atomic E-state index is 4.66. The van der Waals surface area contributed by atoms with Gasteiger partial charge in [-0.2, -0.15) is 0 Å². The summed E-state index contributed by atoms with van der Waals surface area (Å²) in [5.74, 6) is 2.75. The Balaban J connectivity index is 2.37. The monoisotopic (exact) mass is 159 g/mol. The molecule has 0 aromatic rings. The van der Waals surface area contributed by atoms with Crippen molar-refractivity contribution in [3.05, 3.63) is 0 Å². The van der Waals surface area contributed by atoms with E-state index >= 15 is 0 Å². The molecule has 1 fully saturated rings. The first-order valence-corrected chi connectivity index (χ1v) is 5.69. The second kappa shape index (κ2) is 4.12. The van der Waals surface area contributed by atoms with E-state index in [9.17, 15) is 0 Å². The van der Waals surface area contributed by atoms with Crippen LogP contribution in [0, 0.1) is 0 Å². The van der Waals surface area contributed by atoms with E-state index in [0.717, 1.165) is 0 Å². The van der Waals surface area contributed by atoms with Crippen LogP contribution in [0.3, 0.4) is 0 Å². The summed E-state index contributed by atoms with van der Waals surface area (Å²) in [5.41, 5.74) is 0. The van der Waals surface area contributed by atoms with Crippen molar-refractivity contribution in [1.82, 2.24) is 0 Å². The molecule has 1 saturated heterocycles. The van der Waals surface area contributed by atoms with Crippen LogP contribution in [0.4, 0.5) is 0 Å². The fourth-order valence-electron chi connectivity index (χ4n) is 1.22. The van der Waals surface area contributed by atoms with Crippen LogP contribution in [0.1, 0.15) is 33.1 Å². The van der Waals surface area contributed by atoms with Gasteiger partial charge in [0.1, 0.15) is 0 Å². The highest BCUT2D eigenvalue weighted by Gasteiger charge is 2.04. The molecule has 0 N–H and O–H groups in total. The lowest BCUT2D eigenvalue weighted by Crippen LogP contribution is -2.10. The van der Waals surface area contributed by atoms with Gasteiger partial charge in [-0.25, -0.2) is 0 Å². The molecule has 0 atom stereocenters. The summed E-state index contributed by atoms with van der Waals surface area (Å²) in [6.45, 7) is 4.36. The minimum absolute atomic E-state index is 0.450. The summed E-state index contributed by atoms with van der Waals surface area (Å²) in [5, 5.41) is 0. The summed E-state index contributed by atoms with van der Waals surface area (Å²) >= 11 is 0. The smallest absolute Gasteiger partial charge is 0.0511 e. The van der Waals surface area contributed by atoms with E-state index in [4.69, 9.17) is 0 Å². The van der Waals surface area contributed by atoms with Crippen molar-refractivity contribution in [1.29, 1.82) is 0 Å². The van der Waals surface area contributed by atoms with Crippen LogP contribution in [-0.4, -0.2) is 17.5 Å². The first kappa shape index (κ1) is 8.25. The summed E-state index contributed by atoms with van der Waals surface area (Å²) in [4.78, 5) is 0. The molecule has 0 radical (unpaired) electrons. The molecular weight excluding hydrogens is 142 g/mol. The average molecular weight is 159 g/mol. The summed E-state index contributed by atoms with van der Waals surface area (Å²) in [7, 11) is 0.450. The zero-order valence-corrected chi connectivity index (χ0v) is 7.78. The van der Waals surface area contributed by atoms with Crippen molar-refractivity contribution in [3.8, 4) is 0 Å². The van der Waals surface area contributed by atoms with Gasteiger partial charge in [0.05, 0.1) is 6.04 Å². The van der Waals surface area contributed by atoms with E-state index in [0.29, 0.717) is 16.7 Å². The van der Waals surface area contributed by atoms with Gasteiger partial charge >= 0.3 is 0 Å². The predicted octanol–water partition coefficient (Wildman–Crippen LogP) is 2.38. The number of nitrogens with zero attached hydrogens (tertiary/aromatic N) is 1. The lowest BCUT2D eigenvalue weighted by Gasteiger charge is -2.14. The Hall–Kier alpha value is 0.150. The van der Waals surface area contributed by atoms with Crippen LogP contribution >= 0.6 is 0 Å². The topological polar surface area (TPSA) is 12.4 Å². The van der Waals surface area contributed by atoms with Gasteiger partial charge in [0.15, 0.2) is 0 Å². The molecule has 1 nitrogen and oxygen atoms in total. The Labute approximate surface area is 66.3 Å². The molecule has 2 heteroatoms. The average Bonchev–Trinajstić information content (AvgIpc) is 1.88. The third-order valence-corrected chi connectivity index (χ3v) is 3.86. The molecule has 10 heavy (non-hydrogen) atoms.